The van der Waals surface area contributed by atoms with Crippen molar-refractivity contribution in [3.05, 3.63) is 0 Å². The van der Waals surface area contributed by atoms with Gasteiger partial charge in [0.15, 0.2) is 6.07 Å². The van der Waals surface area contributed by atoms with Crippen LogP contribution in [0.3, 0.4) is 0 Å². The minimum absolute atomic E-state index is 0. The van der Waals surface area contributed by atoms with E-state index in [1.165, 1.54) is 0 Å². The van der Waals surface area contributed by atoms with Crippen LogP contribution < -0.4 is 0 Å². The fourth-order valence-corrected chi connectivity index (χ4v) is 0. The Balaban J connectivity index is -0.0000000522. The summed E-state index contributed by atoms with van der Waals surface area (Å²) in [5.41, 5.74) is 0. The largest absolute Gasteiger partial charge is 0.481 e. The minimum atomic E-state index is -1.44. The second-order valence-electron chi connectivity index (χ2n) is 1.45. The third kappa shape index (κ3) is 841. The zero-order chi connectivity index (χ0) is 11.4. The van der Waals surface area contributed by atoms with Crippen LogP contribution in [-0.2, 0) is 14.4 Å². The number of nitriles is 1. The quantitative estimate of drug-likeness (QED) is 0.404. The van der Waals surface area contributed by atoms with Gasteiger partial charge in [0.2, 0.25) is 0 Å². The summed E-state index contributed by atoms with van der Waals surface area (Å²) >= 11 is 0. The molecule has 14 heavy (non-hydrogen) atoms. The molecule has 0 spiro atoms. The molecule has 84 valence electrons. The van der Waals surface area contributed by atoms with Crippen LogP contribution in [0.15, 0.2) is 0 Å². The van der Waals surface area contributed by atoms with Gasteiger partial charge in [0, 0.05) is 52.0 Å². The molecule has 0 bridgehead atoms. The summed E-state index contributed by atoms with van der Waals surface area (Å²) in [7, 11) is 0. The first-order valence-electron chi connectivity index (χ1n) is 2.76. The molecule has 0 aromatic heterocycles. The van der Waals surface area contributed by atoms with Gasteiger partial charge in [-0.25, -0.2) is 4.79 Å². The van der Waals surface area contributed by atoms with E-state index in [2.05, 4.69) is 0 Å². The second-order valence-corrected chi connectivity index (χ2v) is 1.45. The van der Waals surface area contributed by atoms with E-state index in [1.807, 2.05) is 0 Å². The van der Waals surface area contributed by atoms with Gasteiger partial charge in [0.05, 0.1) is 0 Å². The van der Waals surface area contributed by atoms with Crippen molar-refractivity contribution in [3.63, 3.8) is 0 Å². The van der Waals surface area contributed by atoms with Crippen molar-refractivity contribution >= 4 is 17.9 Å². The fraction of sp³-hybridized carbons (Fsp3) is 0.333. The molecular weight excluding hydrogens is 345 g/mol. The molecule has 0 unspecified atom stereocenters. The minimum Gasteiger partial charge on any atom is -0.481 e. The van der Waals surface area contributed by atoms with Gasteiger partial charge in [-0.2, -0.15) is 5.26 Å². The van der Waals surface area contributed by atoms with Crippen molar-refractivity contribution in [2.24, 2.45) is 0 Å². The molecule has 0 aliphatic rings. The number of aliphatic carboxylic acids is 3. The van der Waals surface area contributed by atoms with Crippen LogP contribution in [0.2, 0.25) is 0 Å². The maximum Gasteiger partial charge on any atom is 0.408 e. The van der Waals surface area contributed by atoms with Gasteiger partial charge >= 0.3 is 5.97 Å². The van der Waals surface area contributed by atoms with E-state index in [1.54, 1.807) is 0 Å². The van der Waals surface area contributed by atoms with E-state index in [4.69, 9.17) is 35.0 Å². The van der Waals surface area contributed by atoms with Crippen molar-refractivity contribution in [3.8, 4) is 6.07 Å². The Hall–Kier alpha value is -0.827. The number of nitrogens with zero attached hydrogens (tertiary/aromatic N) is 1. The van der Waals surface area contributed by atoms with E-state index < -0.39 is 17.9 Å². The first-order valence-corrected chi connectivity index (χ1v) is 2.76. The molecule has 0 fully saturated rings. The van der Waals surface area contributed by atoms with Crippen molar-refractivity contribution in [2.45, 2.75) is 13.8 Å². The molecular formula is C6H9DyNO6. The van der Waals surface area contributed by atoms with E-state index in [9.17, 15) is 0 Å². The Morgan fingerprint density at radius 3 is 1.07 bits per heavy atom. The molecule has 0 aliphatic carbocycles. The third-order valence-electron chi connectivity index (χ3n) is 0.0956. The summed E-state index contributed by atoms with van der Waals surface area (Å²) in [6.07, 6.45) is 0. The zero-order valence-electron chi connectivity index (χ0n) is 7.33. The van der Waals surface area contributed by atoms with Gasteiger partial charge in [0.25, 0.3) is 11.9 Å². The number of carboxylic acids is 3. The summed E-state index contributed by atoms with van der Waals surface area (Å²) in [5, 5.41) is 29.5. The normalized spacial score (nSPS) is 5.50. The van der Waals surface area contributed by atoms with Gasteiger partial charge in [0.1, 0.15) is 0 Å². The van der Waals surface area contributed by atoms with Crippen LogP contribution in [0, 0.1) is 49.5 Å². The first kappa shape index (κ1) is 23.2. The molecule has 0 aromatic rings. The SMILES string of the molecule is CC(=O)O.CC(=O)O.N#CC(=O)O.[Dy]. The molecule has 0 saturated carbocycles. The topological polar surface area (TPSA) is 136 Å². The van der Waals surface area contributed by atoms with Gasteiger partial charge in [-0.15, -0.1) is 0 Å². The number of rotatable bonds is 0. The monoisotopic (exact) mass is 355 g/mol. The predicted octanol–water partition coefficient (Wildman–Crippen LogP) is -0.224. The van der Waals surface area contributed by atoms with Crippen LogP contribution in [-0.4, -0.2) is 33.2 Å². The molecule has 8 heteroatoms. The van der Waals surface area contributed by atoms with Gasteiger partial charge in [-0.3, -0.25) is 9.59 Å². The standard InChI is InChI=1S/C2HNO2.2C2H4O2.Dy/c3-1-2(4)5;2*1-2(3)4;/h(H,4,5);2*1H3,(H,3,4);. The Bertz CT molecular complexity index is 201. The predicted molar refractivity (Wildman–Crippen MR) is 39.9 cm³/mol. The average Bonchev–Trinajstić information content (AvgIpc) is 1.84. The van der Waals surface area contributed by atoms with Crippen LogP contribution in [0.25, 0.3) is 0 Å². The Morgan fingerprint density at radius 2 is 1.07 bits per heavy atom. The van der Waals surface area contributed by atoms with Gasteiger partial charge in [-0.1, -0.05) is 0 Å². The fourth-order valence-electron chi connectivity index (χ4n) is 0. The van der Waals surface area contributed by atoms with Crippen LogP contribution in [0.4, 0.5) is 0 Å². The van der Waals surface area contributed by atoms with Crippen molar-refractivity contribution in [1.82, 2.24) is 0 Å². The van der Waals surface area contributed by atoms with Crippen molar-refractivity contribution in [1.29, 1.82) is 5.26 Å². The van der Waals surface area contributed by atoms with E-state index in [0.717, 1.165) is 19.9 Å². The van der Waals surface area contributed by atoms with Crippen LogP contribution >= 0.6 is 0 Å². The van der Waals surface area contributed by atoms with Crippen LogP contribution in [0.1, 0.15) is 13.8 Å². The van der Waals surface area contributed by atoms with Crippen LogP contribution in [0.5, 0.6) is 0 Å². The Kier molecular flexibility index (Phi) is 29.9. The summed E-state index contributed by atoms with van der Waals surface area (Å²) in [6.45, 7) is 2.17. The third-order valence-corrected chi connectivity index (χ3v) is 0.0956. The van der Waals surface area contributed by atoms with Crippen molar-refractivity contribution in [2.75, 3.05) is 0 Å². The van der Waals surface area contributed by atoms with Crippen molar-refractivity contribution < 1.29 is 67.9 Å². The Morgan fingerprint density at radius 1 is 1.00 bits per heavy atom. The average molecular weight is 354 g/mol. The number of hydrogen-bond acceptors (Lipinski definition) is 4. The molecule has 0 radical (unpaired) electrons. The second kappa shape index (κ2) is 18.1. The van der Waals surface area contributed by atoms with E-state index in [-0.39, 0.29) is 38.2 Å². The first-order chi connectivity index (χ1) is 5.73. The summed E-state index contributed by atoms with van der Waals surface area (Å²) < 4.78 is 0. The van der Waals surface area contributed by atoms with Gasteiger partial charge in [-0.05, 0) is 0 Å². The molecule has 3 N–H and O–H groups in total. The maximum absolute atomic E-state index is 9.01. The Labute approximate surface area is 110 Å². The summed E-state index contributed by atoms with van der Waals surface area (Å²) in [6, 6.07) is 0.944. The van der Waals surface area contributed by atoms with E-state index >= 15 is 0 Å². The molecule has 0 atom stereocenters. The molecule has 7 nitrogen and oxygen atoms in total. The zero-order valence-corrected chi connectivity index (χ0v) is 9.36. The number of carboxylic acid groups (broad SMARTS) is 3. The number of hydrogen-bond donors (Lipinski definition) is 3. The molecule has 0 saturated heterocycles. The summed E-state index contributed by atoms with van der Waals surface area (Å²) in [4.78, 5) is 27.0. The summed E-state index contributed by atoms with van der Waals surface area (Å²) in [5.74, 6) is -3.11. The number of carbonyl (C=O) groups is 3. The molecule has 0 aliphatic heterocycles. The molecule has 0 amide bonds. The molecule has 0 rings (SSSR count). The molecule has 0 aromatic carbocycles. The van der Waals surface area contributed by atoms with Gasteiger partial charge < -0.3 is 15.3 Å². The maximum atomic E-state index is 9.01. The smallest absolute Gasteiger partial charge is 0.408 e. The molecule has 0 heterocycles. The van der Waals surface area contributed by atoms with E-state index in [0.29, 0.717) is 0 Å².